The molecule has 0 amide bonds. The summed E-state index contributed by atoms with van der Waals surface area (Å²) in [7, 11) is 0. The number of rotatable bonds is 4. The number of benzene rings is 2. The standard InChI is InChI=1S/C16H18BrNO/c1-3-19-15-10-6-13(7-11-15)16(2,18)12-4-8-14(17)9-5-12/h4-11H,3,18H2,1-2H3. The van der Waals surface area contributed by atoms with Crippen molar-refractivity contribution in [3.63, 3.8) is 0 Å². The third-order valence-corrected chi connectivity index (χ3v) is 3.74. The van der Waals surface area contributed by atoms with Gasteiger partial charge in [-0.15, -0.1) is 0 Å². The summed E-state index contributed by atoms with van der Waals surface area (Å²) in [5.41, 5.74) is 8.12. The van der Waals surface area contributed by atoms with Crippen LogP contribution >= 0.6 is 15.9 Å². The van der Waals surface area contributed by atoms with E-state index < -0.39 is 5.54 Å². The highest BCUT2D eigenvalue weighted by Gasteiger charge is 2.23. The lowest BCUT2D eigenvalue weighted by atomic mass is 9.86. The largest absolute Gasteiger partial charge is 0.494 e. The summed E-state index contributed by atoms with van der Waals surface area (Å²) in [6, 6.07) is 16.1. The van der Waals surface area contributed by atoms with Crippen molar-refractivity contribution < 1.29 is 4.74 Å². The molecule has 0 radical (unpaired) electrons. The van der Waals surface area contributed by atoms with Gasteiger partial charge in [-0.05, 0) is 49.2 Å². The van der Waals surface area contributed by atoms with Crippen molar-refractivity contribution in [1.82, 2.24) is 0 Å². The Bertz CT molecular complexity index is 532. The van der Waals surface area contributed by atoms with Crippen molar-refractivity contribution in [1.29, 1.82) is 0 Å². The van der Waals surface area contributed by atoms with Crippen molar-refractivity contribution in [3.8, 4) is 5.75 Å². The number of nitrogens with two attached hydrogens (primary N) is 1. The van der Waals surface area contributed by atoms with Gasteiger partial charge in [-0.1, -0.05) is 40.2 Å². The summed E-state index contributed by atoms with van der Waals surface area (Å²) in [4.78, 5) is 0. The highest BCUT2D eigenvalue weighted by molar-refractivity contribution is 9.10. The van der Waals surface area contributed by atoms with Crippen LogP contribution < -0.4 is 10.5 Å². The second-order valence-electron chi connectivity index (χ2n) is 4.67. The first-order valence-corrected chi connectivity index (χ1v) is 7.11. The normalized spacial score (nSPS) is 13.9. The maximum Gasteiger partial charge on any atom is 0.119 e. The van der Waals surface area contributed by atoms with Gasteiger partial charge in [-0.2, -0.15) is 0 Å². The molecule has 1 atom stereocenters. The zero-order valence-electron chi connectivity index (χ0n) is 11.2. The number of hydrogen-bond donors (Lipinski definition) is 1. The Labute approximate surface area is 122 Å². The van der Waals surface area contributed by atoms with Crippen LogP contribution in [0.5, 0.6) is 5.75 Å². The molecule has 1 unspecified atom stereocenters. The molecule has 2 aromatic carbocycles. The number of halogens is 1. The minimum atomic E-state index is -0.508. The molecule has 0 aliphatic heterocycles. The molecule has 0 saturated heterocycles. The first-order valence-electron chi connectivity index (χ1n) is 6.32. The fourth-order valence-corrected chi connectivity index (χ4v) is 2.29. The second kappa shape index (κ2) is 5.76. The predicted molar refractivity (Wildman–Crippen MR) is 82.4 cm³/mol. The van der Waals surface area contributed by atoms with E-state index in [1.54, 1.807) is 0 Å². The molecule has 100 valence electrons. The molecule has 2 rings (SSSR count). The summed E-state index contributed by atoms with van der Waals surface area (Å²) in [6.07, 6.45) is 0. The van der Waals surface area contributed by atoms with Gasteiger partial charge in [0.15, 0.2) is 0 Å². The zero-order valence-corrected chi connectivity index (χ0v) is 12.8. The Morgan fingerprint density at radius 1 is 1.00 bits per heavy atom. The van der Waals surface area contributed by atoms with E-state index in [0.29, 0.717) is 6.61 Å². The molecule has 0 spiro atoms. The minimum absolute atomic E-state index is 0.508. The lowest BCUT2D eigenvalue weighted by Gasteiger charge is -2.26. The van der Waals surface area contributed by atoms with Crippen molar-refractivity contribution in [3.05, 3.63) is 64.1 Å². The molecule has 2 aromatic rings. The van der Waals surface area contributed by atoms with Crippen molar-refractivity contribution in [2.24, 2.45) is 5.73 Å². The monoisotopic (exact) mass is 319 g/mol. The third kappa shape index (κ3) is 3.17. The van der Waals surface area contributed by atoms with Crippen LogP contribution in [0.2, 0.25) is 0 Å². The van der Waals surface area contributed by atoms with E-state index in [1.165, 1.54) is 0 Å². The van der Waals surface area contributed by atoms with Crippen LogP contribution in [0, 0.1) is 0 Å². The van der Waals surface area contributed by atoms with E-state index in [2.05, 4.69) is 15.9 Å². The SMILES string of the molecule is CCOc1ccc(C(C)(N)c2ccc(Br)cc2)cc1. The lowest BCUT2D eigenvalue weighted by Crippen LogP contribution is -2.34. The summed E-state index contributed by atoms with van der Waals surface area (Å²) in [6.45, 7) is 4.67. The molecule has 0 aromatic heterocycles. The molecular weight excluding hydrogens is 302 g/mol. The van der Waals surface area contributed by atoms with Crippen LogP contribution in [-0.2, 0) is 5.54 Å². The maximum atomic E-state index is 6.48. The Balaban J connectivity index is 2.30. The average molecular weight is 320 g/mol. The fourth-order valence-electron chi connectivity index (χ4n) is 2.03. The van der Waals surface area contributed by atoms with Gasteiger partial charge in [-0.25, -0.2) is 0 Å². The molecular formula is C16H18BrNO. The van der Waals surface area contributed by atoms with Crippen molar-refractivity contribution in [2.75, 3.05) is 6.61 Å². The summed E-state index contributed by atoms with van der Waals surface area (Å²) >= 11 is 3.44. The van der Waals surface area contributed by atoms with Gasteiger partial charge in [0.05, 0.1) is 12.1 Å². The summed E-state index contributed by atoms with van der Waals surface area (Å²) in [5.74, 6) is 0.873. The zero-order chi connectivity index (χ0) is 13.9. The average Bonchev–Trinajstić information content (AvgIpc) is 2.40. The van der Waals surface area contributed by atoms with Gasteiger partial charge in [0.25, 0.3) is 0 Å². The molecule has 0 bridgehead atoms. The van der Waals surface area contributed by atoms with Crippen LogP contribution in [0.25, 0.3) is 0 Å². The van der Waals surface area contributed by atoms with Gasteiger partial charge >= 0.3 is 0 Å². The van der Waals surface area contributed by atoms with E-state index in [4.69, 9.17) is 10.5 Å². The molecule has 0 saturated carbocycles. The Morgan fingerprint density at radius 2 is 1.47 bits per heavy atom. The van der Waals surface area contributed by atoms with Gasteiger partial charge in [0.2, 0.25) is 0 Å². The third-order valence-electron chi connectivity index (χ3n) is 3.21. The molecule has 2 N–H and O–H groups in total. The van der Waals surface area contributed by atoms with E-state index in [-0.39, 0.29) is 0 Å². The van der Waals surface area contributed by atoms with Crippen LogP contribution in [0.1, 0.15) is 25.0 Å². The highest BCUT2D eigenvalue weighted by Crippen LogP contribution is 2.28. The predicted octanol–water partition coefficient (Wildman–Crippen LogP) is 4.07. The second-order valence-corrected chi connectivity index (χ2v) is 5.58. The van der Waals surface area contributed by atoms with Crippen LogP contribution in [0.15, 0.2) is 53.0 Å². The Morgan fingerprint density at radius 3 is 1.95 bits per heavy atom. The Kier molecular flexibility index (Phi) is 4.27. The maximum absolute atomic E-state index is 6.48. The number of ether oxygens (including phenoxy) is 1. The van der Waals surface area contributed by atoms with Crippen LogP contribution in [-0.4, -0.2) is 6.61 Å². The van der Waals surface area contributed by atoms with Crippen molar-refractivity contribution in [2.45, 2.75) is 19.4 Å². The highest BCUT2D eigenvalue weighted by atomic mass is 79.9. The van der Waals surface area contributed by atoms with Crippen molar-refractivity contribution >= 4 is 15.9 Å². The summed E-state index contributed by atoms with van der Waals surface area (Å²) in [5, 5.41) is 0. The van der Waals surface area contributed by atoms with Gasteiger partial charge in [0, 0.05) is 4.47 Å². The van der Waals surface area contributed by atoms with Gasteiger partial charge in [-0.3, -0.25) is 0 Å². The summed E-state index contributed by atoms with van der Waals surface area (Å²) < 4.78 is 6.50. The number of hydrogen-bond acceptors (Lipinski definition) is 2. The lowest BCUT2D eigenvalue weighted by molar-refractivity contribution is 0.340. The smallest absolute Gasteiger partial charge is 0.119 e. The molecule has 19 heavy (non-hydrogen) atoms. The quantitative estimate of drug-likeness (QED) is 0.922. The van der Waals surface area contributed by atoms with Gasteiger partial charge < -0.3 is 10.5 Å². The molecule has 0 aliphatic rings. The molecule has 2 nitrogen and oxygen atoms in total. The van der Waals surface area contributed by atoms with E-state index in [9.17, 15) is 0 Å². The van der Waals surface area contributed by atoms with Crippen LogP contribution in [0.4, 0.5) is 0 Å². The molecule has 3 heteroatoms. The first kappa shape index (κ1) is 14.1. The molecule has 0 fully saturated rings. The van der Waals surface area contributed by atoms with Gasteiger partial charge in [0.1, 0.15) is 5.75 Å². The molecule has 0 heterocycles. The molecule has 0 aliphatic carbocycles. The first-order chi connectivity index (χ1) is 9.04. The minimum Gasteiger partial charge on any atom is -0.494 e. The topological polar surface area (TPSA) is 35.2 Å². The van der Waals surface area contributed by atoms with E-state index in [1.807, 2.05) is 62.4 Å². The van der Waals surface area contributed by atoms with E-state index >= 15 is 0 Å². The van der Waals surface area contributed by atoms with Crippen LogP contribution in [0.3, 0.4) is 0 Å². The fraction of sp³-hybridized carbons (Fsp3) is 0.250. The van der Waals surface area contributed by atoms with E-state index in [0.717, 1.165) is 21.3 Å². The Hall–Kier alpha value is -1.32.